The van der Waals surface area contributed by atoms with Gasteiger partial charge in [0.15, 0.2) is 5.96 Å². The standard InChI is InChI=1S/C20H32N6O2.HI/c1-21-20(23-12-7-14-27-16-17-8-6-15-28-17)22-11-5-10-19-25-24-18-9-3-2-4-13-26(18)19;/h6,8,15H,2-5,7,9-14,16H2,1H3,(H2,21,22,23);1H. The van der Waals surface area contributed by atoms with Gasteiger partial charge in [0.05, 0.1) is 6.26 Å². The highest BCUT2D eigenvalue weighted by atomic mass is 127. The van der Waals surface area contributed by atoms with E-state index >= 15 is 0 Å². The summed E-state index contributed by atoms with van der Waals surface area (Å²) in [7, 11) is 1.79. The molecule has 2 aromatic heterocycles. The number of halogens is 1. The average molecular weight is 516 g/mol. The number of aromatic nitrogens is 3. The molecule has 0 spiro atoms. The van der Waals surface area contributed by atoms with Crippen LogP contribution in [0.2, 0.25) is 0 Å². The lowest BCUT2D eigenvalue weighted by Gasteiger charge is -2.12. The van der Waals surface area contributed by atoms with Crippen molar-refractivity contribution in [3.63, 3.8) is 0 Å². The number of fused-ring (bicyclic) bond motifs is 1. The van der Waals surface area contributed by atoms with Crippen LogP contribution in [0.3, 0.4) is 0 Å². The normalized spacial score (nSPS) is 14.0. The molecule has 1 aliphatic rings. The topological polar surface area (TPSA) is 89.5 Å². The van der Waals surface area contributed by atoms with E-state index in [1.165, 1.54) is 19.3 Å². The molecule has 0 bridgehead atoms. The number of nitrogens with one attached hydrogen (secondary N) is 2. The summed E-state index contributed by atoms with van der Waals surface area (Å²) in [5.41, 5.74) is 0. The summed E-state index contributed by atoms with van der Waals surface area (Å²) in [5.74, 6) is 3.96. The van der Waals surface area contributed by atoms with Crippen LogP contribution in [0.4, 0.5) is 0 Å². The van der Waals surface area contributed by atoms with E-state index in [0.29, 0.717) is 13.2 Å². The van der Waals surface area contributed by atoms with Crippen LogP contribution < -0.4 is 10.6 Å². The summed E-state index contributed by atoms with van der Waals surface area (Å²) in [5, 5.41) is 15.4. The van der Waals surface area contributed by atoms with Gasteiger partial charge in [0.1, 0.15) is 24.0 Å². The minimum Gasteiger partial charge on any atom is -0.467 e. The van der Waals surface area contributed by atoms with E-state index in [1.807, 2.05) is 12.1 Å². The van der Waals surface area contributed by atoms with Crippen molar-refractivity contribution >= 4 is 29.9 Å². The number of aryl methyl sites for hydroxylation is 2. The van der Waals surface area contributed by atoms with Crippen molar-refractivity contribution in [2.45, 2.75) is 58.1 Å². The predicted molar refractivity (Wildman–Crippen MR) is 124 cm³/mol. The zero-order chi connectivity index (χ0) is 19.4. The van der Waals surface area contributed by atoms with E-state index in [2.05, 4.69) is 30.4 Å². The van der Waals surface area contributed by atoms with E-state index in [-0.39, 0.29) is 24.0 Å². The summed E-state index contributed by atoms with van der Waals surface area (Å²) in [6, 6.07) is 3.79. The number of hydrogen-bond acceptors (Lipinski definition) is 5. The minimum atomic E-state index is 0. The van der Waals surface area contributed by atoms with Crippen molar-refractivity contribution in [1.82, 2.24) is 25.4 Å². The molecule has 1 aliphatic heterocycles. The van der Waals surface area contributed by atoms with Crippen molar-refractivity contribution in [1.29, 1.82) is 0 Å². The van der Waals surface area contributed by atoms with Crippen LogP contribution in [0.25, 0.3) is 0 Å². The molecule has 29 heavy (non-hydrogen) atoms. The molecule has 0 fully saturated rings. The van der Waals surface area contributed by atoms with Crippen molar-refractivity contribution in [3.8, 4) is 0 Å². The van der Waals surface area contributed by atoms with Crippen LogP contribution in [-0.2, 0) is 30.7 Å². The summed E-state index contributed by atoms with van der Waals surface area (Å²) < 4.78 is 13.1. The highest BCUT2D eigenvalue weighted by Gasteiger charge is 2.14. The molecular weight excluding hydrogens is 483 g/mol. The van der Waals surface area contributed by atoms with Gasteiger partial charge in [-0.3, -0.25) is 4.99 Å². The van der Waals surface area contributed by atoms with Crippen LogP contribution in [-0.4, -0.2) is 47.5 Å². The molecule has 0 unspecified atom stereocenters. The zero-order valence-electron chi connectivity index (χ0n) is 17.2. The zero-order valence-corrected chi connectivity index (χ0v) is 19.6. The highest BCUT2D eigenvalue weighted by molar-refractivity contribution is 14.0. The predicted octanol–water partition coefficient (Wildman–Crippen LogP) is 2.92. The molecule has 0 atom stereocenters. The van der Waals surface area contributed by atoms with Crippen LogP contribution in [0, 0.1) is 0 Å². The molecular formula is C20H33IN6O2. The molecule has 3 heterocycles. The largest absolute Gasteiger partial charge is 0.467 e. The number of furan rings is 1. The lowest BCUT2D eigenvalue weighted by molar-refractivity contribution is 0.105. The van der Waals surface area contributed by atoms with Gasteiger partial charge in [-0.05, 0) is 37.8 Å². The van der Waals surface area contributed by atoms with Crippen LogP contribution >= 0.6 is 24.0 Å². The van der Waals surface area contributed by atoms with E-state index in [9.17, 15) is 0 Å². The first-order valence-corrected chi connectivity index (χ1v) is 10.3. The monoisotopic (exact) mass is 516 g/mol. The minimum absolute atomic E-state index is 0. The third kappa shape index (κ3) is 7.96. The van der Waals surface area contributed by atoms with Gasteiger partial charge < -0.3 is 24.4 Å². The van der Waals surface area contributed by atoms with E-state index < -0.39 is 0 Å². The van der Waals surface area contributed by atoms with Gasteiger partial charge in [0.2, 0.25) is 0 Å². The Morgan fingerprint density at radius 2 is 2.07 bits per heavy atom. The van der Waals surface area contributed by atoms with Crippen molar-refractivity contribution in [2.75, 3.05) is 26.7 Å². The molecule has 0 saturated carbocycles. The Bertz CT molecular complexity index is 717. The van der Waals surface area contributed by atoms with E-state index in [0.717, 1.165) is 68.7 Å². The SMILES string of the molecule is CN=C(NCCCOCc1ccco1)NCCCc1nnc2n1CCCCC2.I. The Hall–Kier alpha value is -1.62. The first-order valence-electron chi connectivity index (χ1n) is 10.3. The molecule has 0 aliphatic carbocycles. The molecule has 3 rings (SSSR count). The average Bonchev–Trinajstić information content (AvgIpc) is 3.30. The van der Waals surface area contributed by atoms with E-state index in [4.69, 9.17) is 9.15 Å². The molecule has 0 amide bonds. The maximum atomic E-state index is 5.58. The smallest absolute Gasteiger partial charge is 0.190 e. The highest BCUT2D eigenvalue weighted by Crippen LogP contribution is 2.15. The number of rotatable bonds is 10. The number of nitrogens with zero attached hydrogens (tertiary/aromatic N) is 4. The summed E-state index contributed by atoms with van der Waals surface area (Å²) in [4.78, 5) is 4.27. The fourth-order valence-electron chi connectivity index (χ4n) is 3.35. The Morgan fingerprint density at radius 3 is 2.86 bits per heavy atom. The van der Waals surface area contributed by atoms with Gasteiger partial charge in [0.25, 0.3) is 0 Å². The summed E-state index contributed by atoms with van der Waals surface area (Å²) in [6.07, 6.45) is 9.34. The molecule has 2 N–H and O–H groups in total. The molecule has 2 aromatic rings. The molecule has 8 nitrogen and oxygen atoms in total. The van der Waals surface area contributed by atoms with Gasteiger partial charge in [0, 0.05) is 46.1 Å². The number of ether oxygens (including phenoxy) is 1. The van der Waals surface area contributed by atoms with Gasteiger partial charge in [-0.1, -0.05) is 6.42 Å². The maximum absolute atomic E-state index is 5.58. The van der Waals surface area contributed by atoms with Crippen LogP contribution in [0.1, 0.15) is 49.5 Å². The summed E-state index contributed by atoms with van der Waals surface area (Å²) in [6.45, 7) is 3.94. The molecule has 0 saturated heterocycles. The molecule has 0 aromatic carbocycles. The first kappa shape index (κ1) is 23.7. The summed E-state index contributed by atoms with van der Waals surface area (Å²) >= 11 is 0. The van der Waals surface area contributed by atoms with Crippen molar-refractivity contribution in [3.05, 3.63) is 35.8 Å². The Morgan fingerprint density at radius 1 is 1.21 bits per heavy atom. The Kier molecular flexibility index (Phi) is 11.1. The second kappa shape index (κ2) is 13.6. The van der Waals surface area contributed by atoms with Crippen LogP contribution in [0.15, 0.2) is 27.8 Å². The molecule has 162 valence electrons. The number of aliphatic imine (C=N–C) groups is 1. The maximum Gasteiger partial charge on any atom is 0.190 e. The third-order valence-electron chi connectivity index (χ3n) is 4.86. The molecule has 0 radical (unpaired) electrons. The first-order chi connectivity index (χ1) is 13.9. The van der Waals surface area contributed by atoms with Crippen molar-refractivity contribution in [2.24, 2.45) is 4.99 Å². The quantitative estimate of drug-likeness (QED) is 0.219. The lowest BCUT2D eigenvalue weighted by Crippen LogP contribution is -2.38. The fourth-order valence-corrected chi connectivity index (χ4v) is 3.35. The number of guanidine groups is 1. The van der Waals surface area contributed by atoms with Crippen molar-refractivity contribution < 1.29 is 9.15 Å². The van der Waals surface area contributed by atoms with Gasteiger partial charge in [-0.15, -0.1) is 34.2 Å². The van der Waals surface area contributed by atoms with Gasteiger partial charge in [-0.2, -0.15) is 0 Å². The van der Waals surface area contributed by atoms with Crippen LogP contribution in [0.5, 0.6) is 0 Å². The second-order valence-corrected chi connectivity index (χ2v) is 7.01. The third-order valence-corrected chi connectivity index (χ3v) is 4.86. The Labute approximate surface area is 189 Å². The fraction of sp³-hybridized carbons (Fsp3) is 0.650. The lowest BCUT2D eigenvalue weighted by atomic mass is 10.2. The number of hydrogen-bond donors (Lipinski definition) is 2. The van der Waals surface area contributed by atoms with Gasteiger partial charge >= 0.3 is 0 Å². The Balaban J connectivity index is 0.00000300. The van der Waals surface area contributed by atoms with Gasteiger partial charge in [-0.25, -0.2) is 0 Å². The second-order valence-electron chi connectivity index (χ2n) is 7.01. The van der Waals surface area contributed by atoms with E-state index in [1.54, 1.807) is 13.3 Å². The molecule has 9 heteroatoms.